The van der Waals surface area contributed by atoms with E-state index in [0.717, 1.165) is 18.3 Å². The van der Waals surface area contributed by atoms with Gasteiger partial charge in [0, 0.05) is 6.42 Å². The fourth-order valence-corrected chi connectivity index (χ4v) is 4.21. The zero-order valence-electron chi connectivity index (χ0n) is 11.8. The largest absolute Gasteiger partial charge is 0.316 e. The number of piperidine rings is 1. The van der Waals surface area contributed by atoms with E-state index in [4.69, 9.17) is 4.98 Å². The number of rotatable bonds is 3. The summed E-state index contributed by atoms with van der Waals surface area (Å²) in [7, 11) is 0. The molecule has 1 aromatic carbocycles. The minimum absolute atomic E-state index is 0.730. The topological polar surface area (TPSA) is 24.9 Å². The SMILES string of the molecule is Cc1cccc2sc(CC(C)C3CCCNC3)nc12. The second-order valence-electron chi connectivity index (χ2n) is 5.82. The van der Waals surface area contributed by atoms with Gasteiger partial charge in [0.2, 0.25) is 0 Å². The highest BCUT2D eigenvalue weighted by Crippen LogP contribution is 2.29. The standard InChI is InChI=1S/C16H22N2S/c1-11-5-3-7-14-16(11)18-15(19-14)9-12(2)13-6-4-8-17-10-13/h3,5,7,12-13,17H,4,6,8-10H2,1-2H3. The molecule has 0 spiro atoms. The Balaban J connectivity index is 1.75. The molecule has 2 atom stereocenters. The van der Waals surface area contributed by atoms with E-state index in [1.807, 2.05) is 11.3 Å². The number of para-hydroxylation sites is 1. The Kier molecular flexibility index (Phi) is 3.85. The van der Waals surface area contributed by atoms with E-state index in [1.54, 1.807) is 0 Å². The zero-order valence-corrected chi connectivity index (χ0v) is 12.6. The molecule has 0 saturated carbocycles. The van der Waals surface area contributed by atoms with Crippen molar-refractivity contribution in [2.75, 3.05) is 13.1 Å². The van der Waals surface area contributed by atoms with Crippen LogP contribution >= 0.6 is 11.3 Å². The van der Waals surface area contributed by atoms with Crippen molar-refractivity contribution in [3.8, 4) is 0 Å². The molecule has 1 aliphatic heterocycles. The van der Waals surface area contributed by atoms with Crippen LogP contribution in [0, 0.1) is 18.8 Å². The van der Waals surface area contributed by atoms with Gasteiger partial charge in [-0.2, -0.15) is 0 Å². The number of aryl methyl sites for hydroxylation is 1. The highest BCUT2D eigenvalue weighted by molar-refractivity contribution is 7.18. The zero-order chi connectivity index (χ0) is 13.2. The van der Waals surface area contributed by atoms with Gasteiger partial charge in [0.15, 0.2) is 0 Å². The van der Waals surface area contributed by atoms with E-state index in [-0.39, 0.29) is 0 Å². The molecule has 1 aromatic heterocycles. The van der Waals surface area contributed by atoms with Crippen LogP contribution in [-0.4, -0.2) is 18.1 Å². The van der Waals surface area contributed by atoms with Crippen molar-refractivity contribution in [3.05, 3.63) is 28.8 Å². The monoisotopic (exact) mass is 274 g/mol. The average molecular weight is 274 g/mol. The molecule has 1 N–H and O–H groups in total. The Morgan fingerprint density at radius 1 is 1.47 bits per heavy atom. The van der Waals surface area contributed by atoms with Gasteiger partial charge in [-0.25, -0.2) is 4.98 Å². The lowest BCUT2D eigenvalue weighted by molar-refractivity contribution is 0.279. The van der Waals surface area contributed by atoms with Crippen molar-refractivity contribution in [1.29, 1.82) is 0 Å². The summed E-state index contributed by atoms with van der Waals surface area (Å²) >= 11 is 1.87. The summed E-state index contributed by atoms with van der Waals surface area (Å²) in [5.41, 5.74) is 2.50. The Bertz CT molecular complexity index is 555. The van der Waals surface area contributed by atoms with Gasteiger partial charge < -0.3 is 5.32 Å². The molecule has 19 heavy (non-hydrogen) atoms. The predicted molar refractivity (Wildman–Crippen MR) is 82.8 cm³/mol. The summed E-state index contributed by atoms with van der Waals surface area (Å²) in [6.07, 6.45) is 3.83. The first-order chi connectivity index (χ1) is 9.24. The van der Waals surface area contributed by atoms with Gasteiger partial charge in [-0.15, -0.1) is 11.3 Å². The van der Waals surface area contributed by atoms with Gasteiger partial charge in [-0.05, 0) is 56.3 Å². The minimum atomic E-state index is 0.730. The number of nitrogens with zero attached hydrogens (tertiary/aromatic N) is 1. The normalized spacial score (nSPS) is 21.7. The van der Waals surface area contributed by atoms with Crippen LogP contribution in [0.15, 0.2) is 18.2 Å². The maximum Gasteiger partial charge on any atom is 0.0941 e. The van der Waals surface area contributed by atoms with Gasteiger partial charge in [0.1, 0.15) is 0 Å². The highest BCUT2D eigenvalue weighted by Gasteiger charge is 2.21. The third kappa shape index (κ3) is 2.82. The third-order valence-corrected chi connectivity index (χ3v) is 5.34. The molecule has 2 aromatic rings. The number of benzene rings is 1. The fourth-order valence-electron chi connectivity index (χ4n) is 3.03. The summed E-state index contributed by atoms with van der Waals surface area (Å²) in [6, 6.07) is 6.48. The van der Waals surface area contributed by atoms with Crippen LogP contribution < -0.4 is 5.32 Å². The molecule has 1 saturated heterocycles. The van der Waals surface area contributed by atoms with E-state index in [9.17, 15) is 0 Å². The molecule has 1 aliphatic rings. The summed E-state index contributed by atoms with van der Waals surface area (Å²) in [6.45, 7) is 6.92. The second kappa shape index (κ2) is 5.59. The molecule has 0 bridgehead atoms. The Morgan fingerprint density at radius 2 is 2.37 bits per heavy atom. The van der Waals surface area contributed by atoms with Crippen molar-refractivity contribution >= 4 is 21.6 Å². The summed E-state index contributed by atoms with van der Waals surface area (Å²) in [5.74, 6) is 1.55. The van der Waals surface area contributed by atoms with Gasteiger partial charge in [0.25, 0.3) is 0 Å². The summed E-state index contributed by atoms with van der Waals surface area (Å²) in [4.78, 5) is 4.85. The number of nitrogens with one attached hydrogen (secondary N) is 1. The van der Waals surface area contributed by atoms with Crippen molar-refractivity contribution in [3.63, 3.8) is 0 Å². The molecule has 2 unspecified atom stereocenters. The van der Waals surface area contributed by atoms with Gasteiger partial charge in [0.05, 0.1) is 15.2 Å². The summed E-state index contributed by atoms with van der Waals surface area (Å²) in [5, 5.41) is 4.83. The average Bonchev–Trinajstić information content (AvgIpc) is 2.84. The molecule has 0 amide bonds. The molecule has 0 aliphatic carbocycles. The van der Waals surface area contributed by atoms with E-state index in [1.165, 1.54) is 46.7 Å². The second-order valence-corrected chi connectivity index (χ2v) is 6.93. The third-order valence-electron chi connectivity index (χ3n) is 4.30. The lowest BCUT2D eigenvalue weighted by Crippen LogP contribution is -2.33. The van der Waals surface area contributed by atoms with E-state index in [2.05, 4.69) is 37.4 Å². The number of aromatic nitrogens is 1. The predicted octanol–water partition coefficient (Wildman–Crippen LogP) is 3.78. The Labute approximate surface area is 119 Å². The molecular formula is C16H22N2S. The molecule has 2 heterocycles. The first-order valence-electron chi connectivity index (χ1n) is 7.30. The number of thiazole rings is 1. The smallest absolute Gasteiger partial charge is 0.0941 e. The fraction of sp³-hybridized carbons (Fsp3) is 0.562. The van der Waals surface area contributed by atoms with Crippen LogP contribution in [0.4, 0.5) is 0 Å². The van der Waals surface area contributed by atoms with Gasteiger partial charge >= 0.3 is 0 Å². The Hall–Kier alpha value is -0.930. The van der Waals surface area contributed by atoms with Crippen molar-refractivity contribution in [2.45, 2.75) is 33.1 Å². The van der Waals surface area contributed by atoms with E-state index < -0.39 is 0 Å². The van der Waals surface area contributed by atoms with Crippen LogP contribution in [0.2, 0.25) is 0 Å². The van der Waals surface area contributed by atoms with Crippen LogP contribution in [0.3, 0.4) is 0 Å². The number of fused-ring (bicyclic) bond motifs is 1. The van der Waals surface area contributed by atoms with E-state index in [0.29, 0.717) is 0 Å². The van der Waals surface area contributed by atoms with Gasteiger partial charge in [-0.3, -0.25) is 0 Å². The van der Waals surface area contributed by atoms with Crippen LogP contribution in [-0.2, 0) is 6.42 Å². The van der Waals surface area contributed by atoms with Crippen molar-refractivity contribution in [2.24, 2.45) is 11.8 Å². The molecule has 2 nitrogen and oxygen atoms in total. The molecule has 3 heteroatoms. The first-order valence-corrected chi connectivity index (χ1v) is 8.11. The Morgan fingerprint density at radius 3 is 3.11 bits per heavy atom. The lowest BCUT2D eigenvalue weighted by atomic mass is 9.86. The lowest BCUT2D eigenvalue weighted by Gasteiger charge is -2.27. The van der Waals surface area contributed by atoms with Crippen LogP contribution in [0.25, 0.3) is 10.2 Å². The highest BCUT2D eigenvalue weighted by atomic mass is 32.1. The number of hydrogen-bond donors (Lipinski definition) is 1. The van der Waals surface area contributed by atoms with Gasteiger partial charge in [-0.1, -0.05) is 19.1 Å². The maximum atomic E-state index is 4.85. The quantitative estimate of drug-likeness (QED) is 0.921. The minimum Gasteiger partial charge on any atom is -0.316 e. The maximum absolute atomic E-state index is 4.85. The van der Waals surface area contributed by atoms with Crippen LogP contribution in [0.1, 0.15) is 30.3 Å². The molecule has 102 valence electrons. The summed E-state index contributed by atoms with van der Waals surface area (Å²) < 4.78 is 1.34. The molecule has 0 radical (unpaired) electrons. The first kappa shape index (κ1) is 13.1. The number of hydrogen-bond acceptors (Lipinski definition) is 3. The molecular weight excluding hydrogens is 252 g/mol. The van der Waals surface area contributed by atoms with E-state index >= 15 is 0 Å². The molecule has 3 rings (SSSR count). The van der Waals surface area contributed by atoms with Crippen LogP contribution in [0.5, 0.6) is 0 Å². The molecule has 1 fully saturated rings. The van der Waals surface area contributed by atoms with Crippen molar-refractivity contribution < 1.29 is 0 Å². The van der Waals surface area contributed by atoms with Crippen molar-refractivity contribution in [1.82, 2.24) is 10.3 Å².